The third-order valence-electron chi connectivity index (χ3n) is 3.97. The number of alkyl halides is 3. The van der Waals surface area contributed by atoms with Crippen LogP contribution in [-0.4, -0.2) is 53.2 Å². The number of amides is 1. The van der Waals surface area contributed by atoms with Crippen LogP contribution in [0.3, 0.4) is 0 Å². The highest BCUT2D eigenvalue weighted by Crippen LogP contribution is 2.40. The second-order valence-corrected chi connectivity index (χ2v) is 6.38. The van der Waals surface area contributed by atoms with Gasteiger partial charge in [-0.25, -0.2) is 0 Å². The van der Waals surface area contributed by atoms with E-state index in [1.54, 1.807) is 11.8 Å². The van der Waals surface area contributed by atoms with Crippen LogP contribution in [0, 0.1) is 0 Å². The van der Waals surface area contributed by atoms with Crippen LogP contribution in [-0.2, 0) is 4.74 Å². The van der Waals surface area contributed by atoms with Crippen LogP contribution in [0.5, 0.6) is 5.75 Å². The van der Waals surface area contributed by atoms with Crippen molar-refractivity contribution in [2.24, 2.45) is 0 Å². The summed E-state index contributed by atoms with van der Waals surface area (Å²) in [6, 6.07) is 4.79. The fraction of sp³-hybridized carbons (Fsp3) is 0.533. The summed E-state index contributed by atoms with van der Waals surface area (Å²) >= 11 is 0. The molecule has 5 nitrogen and oxygen atoms in total. The zero-order chi connectivity index (χ0) is 16.9. The van der Waals surface area contributed by atoms with Gasteiger partial charge in [0.15, 0.2) is 0 Å². The van der Waals surface area contributed by atoms with Crippen LogP contribution in [0.2, 0.25) is 0 Å². The molecule has 23 heavy (non-hydrogen) atoms. The minimum absolute atomic E-state index is 0.235. The van der Waals surface area contributed by atoms with Gasteiger partial charge in [0.05, 0.1) is 25.3 Å². The molecule has 0 aliphatic carbocycles. The van der Waals surface area contributed by atoms with Crippen LogP contribution in [0.4, 0.5) is 13.2 Å². The van der Waals surface area contributed by atoms with Crippen molar-refractivity contribution in [3.63, 3.8) is 0 Å². The first-order chi connectivity index (χ1) is 10.6. The largest absolute Gasteiger partial charge is 0.573 e. The molecule has 1 N–H and O–H groups in total. The van der Waals surface area contributed by atoms with Crippen molar-refractivity contribution in [1.82, 2.24) is 4.90 Å². The van der Waals surface area contributed by atoms with E-state index in [9.17, 15) is 23.1 Å². The second kappa shape index (κ2) is 5.10. The predicted molar refractivity (Wildman–Crippen MR) is 73.0 cm³/mol. The Hall–Kier alpha value is -1.80. The van der Waals surface area contributed by atoms with Crippen molar-refractivity contribution >= 4 is 5.91 Å². The summed E-state index contributed by atoms with van der Waals surface area (Å²) in [5.41, 5.74) is -1.11. The molecule has 1 aromatic carbocycles. The van der Waals surface area contributed by atoms with Gasteiger partial charge in [-0.3, -0.25) is 4.79 Å². The number of aliphatic hydroxyl groups is 1. The lowest BCUT2D eigenvalue weighted by atomic mass is 9.85. The molecule has 1 spiro atoms. The summed E-state index contributed by atoms with van der Waals surface area (Å²) in [4.78, 5) is 13.8. The van der Waals surface area contributed by atoms with Gasteiger partial charge in [-0.1, -0.05) is 0 Å². The van der Waals surface area contributed by atoms with Crippen molar-refractivity contribution in [2.75, 3.05) is 19.7 Å². The first-order valence-corrected chi connectivity index (χ1v) is 7.09. The molecule has 0 radical (unpaired) electrons. The molecule has 2 saturated heterocycles. The molecule has 0 saturated carbocycles. The Balaban J connectivity index is 1.60. The minimum atomic E-state index is -4.76. The van der Waals surface area contributed by atoms with Crippen LogP contribution in [0.1, 0.15) is 23.7 Å². The van der Waals surface area contributed by atoms with Crippen molar-refractivity contribution in [2.45, 2.75) is 30.9 Å². The number of ether oxygens (including phenoxy) is 2. The fourth-order valence-electron chi connectivity index (χ4n) is 3.08. The molecule has 3 rings (SSSR count). The van der Waals surface area contributed by atoms with E-state index in [0.717, 1.165) is 12.1 Å². The van der Waals surface area contributed by atoms with E-state index in [1.165, 1.54) is 12.1 Å². The quantitative estimate of drug-likeness (QED) is 0.900. The van der Waals surface area contributed by atoms with Crippen molar-refractivity contribution < 1.29 is 32.5 Å². The van der Waals surface area contributed by atoms with E-state index in [1.807, 2.05) is 0 Å². The Morgan fingerprint density at radius 2 is 1.91 bits per heavy atom. The van der Waals surface area contributed by atoms with Gasteiger partial charge in [-0.05, 0) is 31.2 Å². The Morgan fingerprint density at radius 1 is 1.30 bits per heavy atom. The average Bonchev–Trinajstić information content (AvgIpc) is 2.72. The van der Waals surface area contributed by atoms with E-state index in [2.05, 4.69) is 4.74 Å². The molecule has 1 amide bonds. The maximum absolute atomic E-state index is 12.3. The molecule has 1 aromatic rings. The molecule has 126 valence electrons. The van der Waals surface area contributed by atoms with Gasteiger partial charge in [0.25, 0.3) is 5.91 Å². The molecule has 8 heteroatoms. The molecule has 0 bridgehead atoms. The number of halogens is 3. The smallest absolute Gasteiger partial charge is 0.406 e. The van der Waals surface area contributed by atoms with E-state index in [-0.39, 0.29) is 23.8 Å². The molecule has 1 unspecified atom stereocenters. The van der Waals surface area contributed by atoms with E-state index in [4.69, 9.17) is 4.74 Å². The average molecular weight is 331 g/mol. The number of hydrogen-bond acceptors (Lipinski definition) is 4. The first kappa shape index (κ1) is 16.1. The topological polar surface area (TPSA) is 59.0 Å². The third kappa shape index (κ3) is 3.42. The molecule has 1 atom stereocenters. The zero-order valence-corrected chi connectivity index (χ0v) is 12.4. The molecular formula is C15H16F3NO4. The first-order valence-electron chi connectivity index (χ1n) is 7.09. The van der Waals surface area contributed by atoms with Crippen molar-refractivity contribution in [3.8, 4) is 5.75 Å². The fourth-order valence-corrected chi connectivity index (χ4v) is 3.08. The van der Waals surface area contributed by atoms with E-state index >= 15 is 0 Å². The Kier molecular flexibility index (Phi) is 3.57. The molecular weight excluding hydrogens is 315 g/mol. The van der Waals surface area contributed by atoms with Gasteiger partial charge >= 0.3 is 6.36 Å². The third-order valence-corrected chi connectivity index (χ3v) is 3.97. The van der Waals surface area contributed by atoms with E-state index < -0.39 is 17.6 Å². The Bertz CT molecular complexity index is 606. The zero-order valence-electron chi connectivity index (χ0n) is 12.4. The summed E-state index contributed by atoms with van der Waals surface area (Å²) in [5, 5.41) is 9.93. The number of carbonyl (C=O) groups is 1. The maximum atomic E-state index is 12.3. The maximum Gasteiger partial charge on any atom is 0.573 e. The van der Waals surface area contributed by atoms with E-state index in [0.29, 0.717) is 19.5 Å². The molecule has 2 heterocycles. The molecule has 2 aliphatic heterocycles. The lowest BCUT2D eigenvalue weighted by molar-refractivity contribution is -0.274. The van der Waals surface area contributed by atoms with Crippen LogP contribution in [0.15, 0.2) is 24.3 Å². The van der Waals surface area contributed by atoms with Gasteiger partial charge in [0.2, 0.25) is 0 Å². The number of hydrogen-bond donors (Lipinski definition) is 1. The number of carbonyl (C=O) groups excluding carboxylic acids is 1. The molecule has 2 aliphatic rings. The highest BCUT2D eigenvalue weighted by molar-refractivity contribution is 5.95. The summed E-state index contributed by atoms with van der Waals surface area (Å²) < 4.78 is 45.6. The van der Waals surface area contributed by atoms with Gasteiger partial charge in [0, 0.05) is 12.0 Å². The van der Waals surface area contributed by atoms with Gasteiger partial charge in [-0.2, -0.15) is 0 Å². The standard InChI is InChI=1S/C15H16F3NO4/c1-13(21)6-14(22-9-13)7-19(8-14)12(20)10-2-4-11(5-3-10)23-15(16,17)18/h2-5,21H,6-9H2,1H3. The predicted octanol–water partition coefficient (Wildman–Crippen LogP) is 1.95. The normalized spacial score (nSPS) is 26.2. The summed E-state index contributed by atoms with van der Waals surface area (Å²) in [6.07, 6.45) is -4.30. The Labute approximate surface area is 130 Å². The molecule has 2 fully saturated rings. The van der Waals surface area contributed by atoms with Crippen LogP contribution in [0.25, 0.3) is 0 Å². The highest BCUT2D eigenvalue weighted by atomic mass is 19.4. The summed E-state index contributed by atoms with van der Waals surface area (Å²) in [5.74, 6) is -0.659. The number of benzene rings is 1. The van der Waals surface area contributed by atoms with Crippen molar-refractivity contribution in [3.05, 3.63) is 29.8 Å². The SMILES string of the molecule is CC1(O)COC2(CN(C(=O)c3ccc(OC(F)(F)F)cc3)C2)C1. The summed E-state index contributed by atoms with van der Waals surface area (Å²) in [7, 11) is 0. The van der Waals surface area contributed by atoms with Crippen molar-refractivity contribution in [1.29, 1.82) is 0 Å². The lowest BCUT2D eigenvalue weighted by Crippen LogP contribution is -2.63. The Morgan fingerprint density at radius 3 is 2.39 bits per heavy atom. The highest BCUT2D eigenvalue weighted by Gasteiger charge is 2.54. The van der Waals surface area contributed by atoms with Gasteiger partial charge in [-0.15, -0.1) is 13.2 Å². The van der Waals surface area contributed by atoms with Gasteiger partial charge < -0.3 is 19.5 Å². The second-order valence-electron chi connectivity index (χ2n) is 6.38. The van der Waals surface area contributed by atoms with Crippen LogP contribution >= 0.6 is 0 Å². The molecule has 0 aromatic heterocycles. The summed E-state index contributed by atoms with van der Waals surface area (Å²) in [6.45, 7) is 2.65. The number of nitrogens with zero attached hydrogens (tertiary/aromatic N) is 1. The van der Waals surface area contributed by atoms with Gasteiger partial charge in [0.1, 0.15) is 11.4 Å². The minimum Gasteiger partial charge on any atom is -0.406 e. The monoisotopic (exact) mass is 331 g/mol. The lowest BCUT2D eigenvalue weighted by Gasteiger charge is -2.47. The number of rotatable bonds is 2. The number of likely N-dealkylation sites (tertiary alicyclic amines) is 1. The van der Waals surface area contributed by atoms with Crippen LogP contribution < -0.4 is 4.74 Å².